The molecule has 1 atom stereocenters. The number of carbonyl (C=O) groups excluding carboxylic acids is 2. The number of nitrogens with zero attached hydrogens (tertiary/aromatic N) is 1. The number of carbonyl (C=O) groups is 2. The van der Waals surface area contributed by atoms with E-state index in [1.54, 1.807) is 12.2 Å². The van der Waals surface area contributed by atoms with Gasteiger partial charge in [0.05, 0.1) is 31.0 Å². The first-order valence-electron chi connectivity index (χ1n) is 6.49. The second-order valence-electron chi connectivity index (χ2n) is 4.74. The van der Waals surface area contributed by atoms with Crippen molar-refractivity contribution in [3.8, 4) is 0 Å². The maximum atomic E-state index is 12.3. The Labute approximate surface area is 148 Å². The van der Waals surface area contributed by atoms with Gasteiger partial charge in [-0.1, -0.05) is 11.6 Å². The van der Waals surface area contributed by atoms with Crippen molar-refractivity contribution in [3.05, 3.63) is 34.7 Å². The van der Waals surface area contributed by atoms with E-state index in [1.807, 2.05) is 0 Å². The van der Waals surface area contributed by atoms with Gasteiger partial charge in [-0.3, -0.25) is 0 Å². The normalized spacial score (nSPS) is 22.4. The van der Waals surface area contributed by atoms with Crippen molar-refractivity contribution in [2.75, 3.05) is 26.0 Å². The van der Waals surface area contributed by atoms with Gasteiger partial charge in [0.25, 0.3) is 0 Å². The Hall–Kier alpha value is -1.21. The molecule has 6 nitrogen and oxygen atoms in total. The molecule has 0 N–H and O–H groups in total. The minimum Gasteiger partial charge on any atom is -0.466 e. The molecule has 23 heavy (non-hydrogen) atoms. The molecule has 2 aliphatic heterocycles. The van der Waals surface area contributed by atoms with Gasteiger partial charge in [0.15, 0.2) is 6.23 Å². The first kappa shape index (κ1) is 18.1. The lowest BCUT2D eigenvalue weighted by molar-refractivity contribution is -0.153. The van der Waals surface area contributed by atoms with Gasteiger partial charge >= 0.3 is 11.9 Å². The minimum absolute atomic E-state index is 0.0700. The van der Waals surface area contributed by atoms with Crippen LogP contribution in [0.25, 0.3) is 0 Å². The van der Waals surface area contributed by atoms with Crippen molar-refractivity contribution in [3.63, 3.8) is 0 Å². The summed E-state index contributed by atoms with van der Waals surface area (Å²) in [5, 5.41) is 0.303. The number of halogens is 3. The summed E-state index contributed by atoms with van der Waals surface area (Å²) in [5.41, 5.74) is -1.62. The van der Waals surface area contributed by atoms with Gasteiger partial charge in [-0.15, -0.1) is 23.2 Å². The molecule has 126 valence electrons. The molecule has 0 aromatic carbocycles. The van der Waals surface area contributed by atoms with Crippen LogP contribution in [0.4, 0.5) is 0 Å². The van der Waals surface area contributed by atoms with Crippen LogP contribution in [0, 0.1) is 0 Å². The lowest BCUT2D eigenvalue weighted by atomic mass is 9.91. The second-order valence-corrected chi connectivity index (χ2v) is 5.71. The summed E-state index contributed by atoms with van der Waals surface area (Å²) < 4.78 is 15.5. The van der Waals surface area contributed by atoms with E-state index in [0.29, 0.717) is 5.03 Å². The molecule has 9 heteroatoms. The first-order valence-corrected chi connectivity index (χ1v) is 7.93. The molecule has 0 spiro atoms. The smallest absolute Gasteiger partial charge is 0.355 e. The molecular weight excluding hydrogens is 369 g/mol. The van der Waals surface area contributed by atoms with Crippen LogP contribution in [0.3, 0.4) is 0 Å². The molecule has 0 saturated heterocycles. The number of allylic oxidation sites excluding steroid dienone is 2. The lowest BCUT2D eigenvalue weighted by Gasteiger charge is -2.46. The summed E-state index contributed by atoms with van der Waals surface area (Å²) in [7, 11) is 2.38. The standard InChI is InChI=1S/C14H14Cl3NO5/c1-21-12(19)9-10(13(20)22-2)18-5-3-4-8(17)11(18)23-14(9,6-15)7-16/h3-5,11H,6-7H2,1-2H3. The average Bonchev–Trinajstić information content (AvgIpc) is 2.59. The van der Waals surface area contributed by atoms with Crippen molar-refractivity contribution in [2.45, 2.75) is 11.8 Å². The third-order valence-corrected chi connectivity index (χ3v) is 4.65. The van der Waals surface area contributed by atoms with Crippen molar-refractivity contribution in [2.24, 2.45) is 0 Å². The predicted octanol–water partition coefficient (Wildman–Crippen LogP) is 2.11. The number of rotatable bonds is 4. The summed E-state index contributed by atoms with van der Waals surface area (Å²) in [5.74, 6) is -1.90. The molecule has 0 amide bonds. The highest BCUT2D eigenvalue weighted by Crippen LogP contribution is 2.41. The SMILES string of the molecule is COC(=O)C1=C(C(=O)OC)C(CCl)(CCl)OC2C(Cl)=CC=CN12. The molecular formula is C14H14Cl3NO5. The summed E-state index contributed by atoms with van der Waals surface area (Å²) in [6, 6.07) is 0. The van der Waals surface area contributed by atoms with Crippen LogP contribution >= 0.6 is 34.8 Å². The third-order valence-electron chi connectivity index (χ3n) is 3.48. The van der Waals surface area contributed by atoms with Crippen molar-refractivity contribution < 1.29 is 23.8 Å². The molecule has 1 unspecified atom stereocenters. The van der Waals surface area contributed by atoms with E-state index in [-0.39, 0.29) is 23.0 Å². The molecule has 2 aliphatic rings. The molecule has 2 rings (SSSR count). The zero-order chi connectivity index (χ0) is 17.2. The van der Waals surface area contributed by atoms with E-state index in [2.05, 4.69) is 0 Å². The minimum atomic E-state index is -1.44. The van der Waals surface area contributed by atoms with Gasteiger partial charge in [-0.05, 0) is 12.2 Å². The van der Waals surface area contributed by atoms with Crippen LogP contribution in [-0.4, -0.2) is 54.6 Å². The van der Waals surface area contributed by atoms with Gasteiger partial charge in [0.1, 0.15) is 16.9 Å². The van der Waals surface area contributed by atoms with Crippen LogP contribution in [0.1, 0.15) is 0 Å². The Morgan fingerprint density at radius 1 is 1.26 bits per heavy atom. The van der Waals surface area contributed by atoms with Crippen molar-refractivity contribution in [1.82, 2.24) is 4.90 Å². The highest BCUT2D eigenvalue weighted by atomic mass is 35.5. The second kappa shape index (κ2) is 7.13. The van der Waals surface area contributed by atoms with Crippen LogP contribution in [-0.2, 0) is 23.8 Å². The largest absolute Gasteiger partial charge is 0.466 e. The maximum absolute atomic E-state index is 12.3. The van der Waals surface area contributed by atoms with E-state index >= 15 is 0 Å². The van der Waals surface area contributed by atoms with Crippen molar-refractivity contribution in [1.29, 1.82) is 0 Å². The molecule has 0 aromatic rings. The number of alkyl halides is 2. The molecule has 0 radical (unpaired) electrons. The monoisotopic (exact) mass is 381 g/mol. The van der Waals surface area contributed by atoms with Gasteiger partial charge in [-0.25, -0.2) is 9.59 Å². The number of methoxy groups -OCH3 is 2. The third kappa shape index (κ3) is 2.96. The molecule has 0 fully saturated rings. The number of hydrogen-bond acceptors (Lipinski definition) is 6. The fourth-order valence-electron chi connectivity index (χ4n) is 2.36. The Bertz CT molecular complexity index is 610. The lowest BCUT2D eigenvalue weighted by Crippen LogP contribution is -2.56. The van der Waals surface area contributed by atoms with Crippen LogP contribution in [0.2, 0.25) is 0 Å². The number of esters is 2. The Morgan fingerprint density at radius 2 is 1.87 bits per heavy atom. The molecule has 0 aromatic heterocycles. The molecule has 2 heterocycles. The van der Waals surface area contributed by atoms with Gasteiger partial charge in [0, 0.05) is 6.20 Å². The quantitative estimate of drug-likeness (QED) is 0.548. The van der Waals surface area contributed by atoms with Crippen molar-refractivity contribution >= 4 is 46.7 Å². The molecule has 0 bridgehead atoms. The fourth-order valence-corrected chi connectivity index (χ4v) is 3.27. The summed E-state index contributed by atoms with van der Waals surface area (Å²) in [6.45, 7) is 0. The number of ether oxygens (including phenoxy) is 3. The maximum Gasteiger partial charge on any atom is 0.355 e. The predicted molar refractivity (Wildman–Crippen MR) is 85.0 cm³/mol. The molecule has 0 saturated carbocycles. The highest BCUT2D eigenvalue weighted by Gasteiger charge is 2.52. The van der Waals surface area contributed by atoms with Crippen LogP contribution < -0.4 is 0 Å². The van der Waals surface area contributed by atoms with Gasteiger partial charge in [-0.2, -0.15) is 0 Å². The Kier molecular flexibility index (Phi) is 5.62. The number of hydrogen-bond donors (Lipinski definition) is 0. The van der Waals surface area contributed by atoms with E-state index < -0.39 is 23.8 Å². The summed E-state index contributed by atoms with van der Waals surface area (Å²) >= 11 is 18.2. The van der Waals surface area contributed by atoms with E-state index in [4.69, 9.17) is 49.0 Å². The topological polar surface area (TPSA) is 65.1 Å². The zero-order valence-corrected chi connectivity index (χ0v) is 14.6. The number of fused-ring (bicyclic) bond motifs is 1. The first-order chi connectivity index (χ1) is 11.0. The van der Waals surface area contributed by atoms with E-state index in [1.165, 1.54) is 25.3 Å². The van der Waals surface area contributed by atoms with E-state index in [9.17, 15) is 9.59 Å². The Morgan fingerprint density at radius 3 is 2.39 bits per heavy atom. The van der Waals surface area contributed by atoms with Gasteiger partial charge < -0.3 is 19.1 Å². The molecule has 0 aliphatic carbocycles. The average molecular weight is 383 g/mol. The Balaban J connectivity index is 2.75. The van der Waals surface area contributed by atoms with Crippen LogP contribution in [0.5, 0.6) is 0 Å². The van der Waals surface area contributed by atoms with Crippen LogP contribution in [0.15, 0.2) is 34.7 Å². The summed E-state index contributed by atoms with van der Waals surface area (Å²) in [4.78, 5) is 26.0. The van der Waals surface area contributed by atoms with E-state index in [0.717, 1.165) is 0 Å². The zero-order valence-electron chi connectivity index (χ0n) is 12.3. The summed E-state index contributed by atoms with van der Waals surface area (Å²) in [6.07, 6.45) is 3.90. The van der Waals surface area contributed by atoms with Gasteiger partial charge in [0.2, 0.25) is 0 Å². The fraction of sp³-hybridized carbons (Fsp3) is 0.429. The highest BCUT2D eigenvalue weighted by molar-refractivity contribution is 6.30.